The molecule has 0 spiro atoms. The van der Waals surface area contributed by atoms with Gasteiger partial charge in [0.15, 0.2) is 5.03 Å². The van der Waals surface area contributed by atoms with Crippen LogP contribution in [-0.4, -0.2) is 34.7 Å². The Morgan fingerprint density at radius 2 is 1.67 bits per heavy atom. The lowest BCUT2D eigenvalue weighted by molar-refractivity contribution is 0.418. The average molecular weight is 406 g/mol. The van der Waals surface area contributed by atoms with Crippen molar-refractivity contribution in [2.45, 2.75) is 11.4 Å². The van der Waals surface area contributed by atoms with E-state index in [1.807, 2.05) is 6.07 Å². The van der Waals surface area contributed by atoms with E-state index in [0.717, 1.165) is 5.56 Å². The normalized spacial score (nSPS) is 12.2. The number of aryl methyl sites for hydroxylation is 1. The summed E-state index contributed by atoms with van der Waals surface area (Å²) in [6, 6.07) is 16.9. The molecule has 9 heteroatoms. The van der Waals surface area contributed by atoms with E-state index in [2.05, 4.69) is 4.98 Å². The van der Waals surface area contributed by atoms with Crippen LogP contribution in [0.3, 0.4) is 0 Å². The van der Waals surface area contributed by atoms with Gasteiger partial charge in [-0.15, -0.1) is 4.13 Å². The lowest BCUT2D eigenvalue weighted by atomic mass is 10.2. The number of ether oxygens (including phenoxy) is 1. The number of nitrogens with zero attached hydrogens (tertiary/aromatic N) is 1. The van der Waals surface area contributed by atoms with E-state index in [1.54, 1.807) is 52.7 Å². The second-order valence-electron chi connectivity index (χ2n) is 5.82. The Bertz CT molecular complexity index is 1160. The number of hydrogen-bond acceptors (Lipinski definition) is 6. The maximum atomic E-state index is 12.5. The third-order valence-electron chi connectivity index (χ3n) is 3.89. The molecule has 0 saturated carbocycles. The fraction of sp³-hybridized carbons (Fsp3) is 0.167. The summed E-state index contributed by atoms with van der Waals surface area (Å²) in [5, 5.41) is 0.294. The lowest BCUT2D eigenvalue weighted by Crippen LogP contribution is -2.33. The zero-order valence-corrected chi connectivity index (χ0v) is 16.1. The second-order valence-corrected chi connectivity index (χ2v) is 9.55. The molecule has 3 aromatic rings. The summed E-state index contributed by atoms with van der Waals surface area (Å²) in [5.74, 6) is 0.0455. The van der Waals surface area contributed by atoms with Crippen molar-refractivity contribution in [3.8, 4) is 5.75 Å². The summed E-state index contributed by atoms with van der Waals surface area (Å²) in [6.45, 7) is 0. The molecule has 0 atom stereocenters. The van der Waals surface area contributed by atoms with Crippen molar-refractivity contribution >= 4 is 30.9 Å². The average Bonchev–Trinajstić information content (AvgIpc) is 2.65. The molecule has 0 aliphatic rings. The van der Waals surface area contributed by atoms with Crippen molar-refractivity contribution in [2.24, 2.45) is 0 Å². The van der Waals surface area contributed by atoms with E-state index < -0.39 is 20.0 Å². The SMILES string of the molecule is COc1cccc2ccc(S(=O)(=O)NS(=O)(=O)CCc3ccccc3)nc12. The van der Waals surface area contributed by atoms with Crippen LogP contribution in [0.4, 0.5) is 0 Å². The van der Waals surface area contributed by atoms with Gasteiger partial charge in [0.25, 0.3) is 10.0 Å². The van der Waals surface area contributed by atoms with Crippen LogP contribution in [0.1, 0.15) is 5.56 Å². The van der Waals surface area contributed by atoms with Crippen molar-refractivity contribution in [2.75, 3.05) is 12.9 Å². The molecule has 0 saturated heterocycles. The summed E-state index contributed by atoms with van der Waals surface area (Å²) in [6.07, 6.45) is 0.199. The number of hydrogen-bond donors (Lipinski definition) is 1. The Morgan fingerprint density at radius 1 is 0.926 bits per heavy atom. The van der Waals surface area contributed by atoms with Crippen LogP contribution in [0, 0.1) is 0 Å². The van der Waals surface area contributed by atoms with Gasteiger partial charge in [-0.2, -0.15) is 0 Å². The first-order chi connectivity index (χ1) is 12.8. The molecular formula is C18H18N2O5S2. The standard InChI is InChI=1S/C18H18N2O5S2/c1-25-16-9-5-8-15-10-11-17(19-18(15)16)27(23,24)20-26(21,22)13-12-14-6-3-2-4-7-14/h2-11,20H,12-13H2,1H3. The van der Waals surface area contributed by atoms with Gasteiger partial charge in [0.05, 0.1) is 12.9 Å². The smallest absolute Gasteiger partial charge is 0.270 e. The largest absolute Gasteiger partial charge is 0.494 e. The van der Waals surface area contributed by atoms with Crippen LogP contribution in [0.5, 0.6) is 5.75 Å². The Labute approximate surface area is 158 Å². The van der Waals surface area contributed by atoms with Crippen molar-refractivity contribution < 1.29 is 21.6 Å². The number of benzene rings is 2. The van der Waals surface area contributed by atoms with Crippen molar-refractivity contribution in [3.63, 3.8) is 0 Å². The quantitative estimate of drug-likeness (QED) is 0.645. The van der Waals surface area contributed by atoms with Crippen molar-refractivity contribution in [3.05, 3.63) is 66.2 Å². The minimum atomic E-state index is -4.34. The molecule has 0 amide bonds. The predicted molar refractivity (Wildman–Crippen MR) is 103 cm³/mol. The fourth-order valence-corrected chi connectivity index (χ4v) is 5.54. The van der Waals surface area contributed by atoms with Crippen LogP contribution in [0.25, 0.3) is 10.9 Å². The Morgan fingerprint density at radius 3 is 2.37 bits per heavy atom. The number of methoxy groups -OCH3 is 1. The van der Waals surface area contributed by atoms with Crippen LogP contribution in [0.15, 0.2) is 65.7 Å². The first-order valence-electron chi connectivity index (χ1n) is 8.05. The third-order valence-corrected chi connectivity index (χ3v) is 7.30. The molecular weight excluding hydrogens is 388 g/mol. The van der Waals surface area contributed by atoms with E-state index in [1.165, 1.54) is 13.2 Å². The van der Waals surface area contributed by atoms with Gasteiger partial charge in [-0.3, -0.25) is 0 Å². The molecule has 1 aromatic heterocycles. The van der Waals surface area contributed by atoms with Gasteiger partial charge in [-0.25, -0.2) is 21.8 Å². The van der Waals surface area contributed by atoms with Crippen LogP contribution >= 0.6 is 0 Å². The molecule has 7 nitrogen and oxygen atoms in total. The van der Waals surface area contributed by atoms with E-state index >= 15 is 0 Å². The fourth-order valence-electron chi connectivity index (χ4n) is 2.56. The summed E-state index contributed by atoms with van der Waals surface area (Å²) >= 11 is 0. The maximum absolute atomic E-state index is 12.5. The number of nitrogens with one attached hydrogen (secondary N) is 1. The molecule has 2 aromatic carbocycles. The van der Waals surface area contributed by atoms with Gasteiger partial charge in [0, 0.05) is 5.39 Å². The molecule has 0 radical (unpaired) electrons. The van der Waals surface area contributed by atoms with Gasteiger partial charge < -0.3 is 4.74 Å². The molecule has 142 valence electrons. The molecule has 27 heavy (non-hydrogen) atoms. The van der Waals surface area contributed by atoms with E-state index in [0.29, 0.717) is 16.7 Å². The van der Waals surface area contributed by atoms with Gasteiger partial charge in [-0.05, 0) is 30.2 Å². The monoisotopic (exact) mass is 406 g/mol. The zero-order chi connectivity index (χ0) is 19.5. The lowest BCUT2D eigenvalue weighted by Gasteiger charge is -2.09. The molecule has 0 bridgehead atoms. The highest BCUT2D eigenvalue weighted by Gasteiger charge is 2.24. The number of fused-ring (bicyclic) bond motifs is 1. The molecule has 0 fully saturated rings. The number of para-hydroxylation sites is 1. The second kappa shape index (κ2) is 7.63. The number of aromatic nitrogens is 1. The summed E-state index contributed by atoms with van der Waals surface area (Å²) in [7, 11) is -6.96. The Kier molecular flexibility index (Phi) is 5.45. The van der Waals surface area contributed by atoms with Crippen LogP contribution in [-0.2, 0) is 26.5 Å². The van der Waals surface area contributed by atoms with Gasteiger partial charge >= 0.3 is 0 Å². The minimum absolute atomic E-state index is 0.199. The van der Waals surface area contributed by atoms with Gasteiger partial charge in [0.1, 0.15) is 11.3 Å². The summed E-state index contributed by atoms with van der Waals surface area (Å²) in [5.41, 5.74) is 1.14. The van der Waals surface area contributed by atoms with Crippen LogP contribution < -0.4 is 8.86 Å². The molecule has 3 rings (SSSR count). The molecule has 0 aliphatic heterocycles. The van der Waals surface area contributed by atoms with Crippen molar-refractivity contribution in [1.29, 1.82) is 0 Å². The number of pyridine rings is 1. The van der Waals surface area contributed by atoms with E-state index in [-0.39, 0.29) is 17.2 Å². The zero-order valence-electron chi connectivity index (χ0n) is 14.5. The highest BCUT2D eigenvalue weighted by atomic mass is 32.3. The first kappa shape index (κ1) is 19.3. The molecule has 1 N–H and O–H groups in total. The third kappa shape index (κ3) is 4.62. The Balaban J connectivity index is 1.84. The molecule has 0 aliphatic carbocycles. The molecule has 0 unspecified atom stereocenters. The highest BCUT2D eigenvalue weighted by molar-refractivity contribution is 8.04. The summed E-state index contributed by atoms with van der Waals surface area (Å²) < 4.78 is 56.4. The summed E-state index contributed by atoms with van der Waals surface area (Å²) in [4.78, 5) is 4.08. The minimum Gasteiger partial charge on any atom is -0.494 e. The Hall–Kier alpha value is -2.49. The predicted octanol–water partition coefficient (Wildman–Crippen LogP) is 2.09. The molecule has 1 heterocycles. The number of sulfonamides is 2. The first-order valence-corrected chi connectivity index (χ1v) is 11.2. The van der Waals surface area contributed by atoms with Gasteiger partial charge in [-0.1, -0.05) is 42.5 Å². The topological polar surface area (TPSA) is 102 Å². The maximum Gasteiger partial charge on any atom is 0.270 e. The van der Waals surface area contributed by atoms with E-state index in [9.17, 15) is 16.8 Å². The highest BCUT2D eigenvalue weighted by Crippen LogP contribution is 2.24. The van der Waals surface area contributed by atoms with Gasteiger partial charge in [0.2, 0.25) is 10.0 Å². The van der Waals surface area contributed by atoms with E-state index in [4.69, 9.17) is 4.74 Å². The van der Waals surface area contributed by atoms with Crippen LogP contribution in [0.2, 0.25) is 0 Å². The van der Waals surface area contributed by atoms with Crippen molar-refractivity contribution in [1.82, 2.24) is 9.11 Å². The number of rotatable bonds is 7.